The molecule has 0 amide bonds. The van der Waals surface area contributed by atoms with E-state index in [2.05, 4.69) is 29.8 Å². The van der Waals surface area contributed by atoms with Crippen LogP contribution in [0.5, 0.6) is 0 Å². The van der Waals surface area contributed by atoms with Crippen LogP contribution in [0.4, 0.5) is 0 Å². The van der Waals surface area contributed by atoms with Gasteiger partial charge in [-0.15, -0.1) is 0 Å². The first-order chi connectivity index (χ1) is 3.35. The van der Waals surface area contributed by atoms with Gasteiger partial charge in [0.25, 0.3) is 0 Å². The number of hydrogen-bond donors (Lipinski definition) is 0. The van der Waals surface area contributed by atoms with Crippen LogP contribution in [0, 0.1) is 0 Å². The molecule has 0 saturated carbocycles. The first kappa shape index (κ1) is 7.22. The van der Waals surface area contributed by atoms with Crippen LogP contribution in [-0.2, 0) is 0 Å². The van der Waals surface area contributed by atoms with E-state index in [9.17, 15) is 0 Å². The molecular formula is C6H11Br. The standard InChI is InChI=1S/C6H11Br/c1-3-6(4-2)5-7/h5H,3-4H2,1-2H3. The molecule has 0 aliphatic carbocycles. The van der Waals surface area contributed by atoms with Crippen molar-refractivity contribution in [3.05, 3.63) is 10.6 Å². The molecule has 0 unspecified atom stereocenters. The topological polar surface area (TPSA) is 0 Å². The maximum atomic E-state index is 3.27. The van der Waals surface area contributed by atoms with Gasteiger partial charge in [-0.25, -0.2) is 0 Å². The molecule has 0 radical (unpaired) electrons. The van der Waals surface area contributed by atoms with E-state index >= 15 is 0 Å². The van der Waals surface area contributed by atoms with E-state index in [-0.39, 0.29) is 0 Å². The van der Waals surface area contributed by atoms with Gasteiger partial charge >= 0.3 is 0 Å². The van der Waals surface area contributed by atoms with Crippen LogP contribution in [-0.4, -0.2) is 0 Å². The van der Waals surface area contributed by atoms with Crippen molar-refractivity contribution in [2.24, 2.45) is 0 Å². The van der Waals surface area contributed by atoms with Crippen LogP contribution in [0.15, 0.2) is 10.6 Å². The molecule has 0 atom stereocenters. The minimum atomic E-state index is 1.17. The average Bonchev–Trinajstić information content (AvgIpc) is 1.72. The van der Waals surface area contributed by atoms with E-state index in [1.165, 1.54) is 18.4 Å². The fourth-order valence-corrected chi connectivity index (χ4v) is 1.05. The summed E-state index contributed by atoms with van der Waals surface area (Å²) in [7, 11) is 0. The third-order valence-electron chi connectivity index (χ3n) is 1.06. The lowest BCUT2D eigenvalue weighted by molar-refractivity contribution is 0.984. The van der Waals surface area contributed by atoms with Gasteiger partial charge in [0.15, 0.2) is 0 Å². The molecule has 0 rings (SSSR count). The van der Waals surface area contributed by atoms with Crippen LogP contribution in [0.25, 0.3) is 0 Å². The van der Waals surface area contributed by atoms with E-state index in [0.29, 0.717) is 0 Å². The fourth-order valence-electron chi connectivity index (χ4n) is 0.404. The lowest BCUT2D eigenvalue weighted by Crippen LogP contribution is -1.71. The Bertz CT molecular complexity index is 58.6. The van der Waals surface area contributed by atoms with E-state index in [1.54, 1.807) is 0 Å². The molecule has 0 aliphatic rings. The summed E-state index contributed by atoms with van der Waals surface area (Å²) in [6, 6.07) is 0. The maximum Gasteiger partial charge on any atom is -0.0197 e. The van der Waals surface area contributed by atoms with Gasteiger partial charge in [0.1, 0.15) is 0 Å². The summed E-state index contributed by atoms with van der Waals surface area (Å²) < 4.78 is 0. The van der Waals surface area contributed by atoms with Crippen LogP contribution >= 0.6 is 15.9 Å². The Hall–Kier alpha value is 0.220. The van der Waals surface area contributed by atoms with Gasteiger partial charge < -0.3 is 0 Å². The molecule has 0 aromatic carbocycles. The summed E-state index contributed by atoms with van der Waals surface area (Å²) in [5.41, 5.74) is 1.47. The minimum absolute atomic E-state index is 1.17. The van der Waals surface area contributed by atoms with Gasteiger partial charge in [-0.2, -0.15) is 0 Å². The van der Waals surface area contributed by atoms with Crippen molar-refractivity contribution in [3.8, 4) is 0 Å². The highest BCUT2D eigenvalue weighted by molar-refractivity contribution is 9.11. The largest absolute Gasteiger partial charge is 0.0638 e. The average molecular weight is 163 g/mol. The minimum Gasteiger partial charge on any atom is -0.0638 e. The number of rotatable bonds is 2. The molecule has 1 heteroatoms. The summed E-state index contributed by atoms with van der Waals surface area (Å²) in [5, 5.41) is 0. The van der Waals surface area contributed by atoms with Crippen LogP contribution in [0.2, 0.25) is 0 Å². The van der Waals surface area contributed by atoms with Crippen molar-refractivity contribution in [3.63, 3.8) is 0 Å². The van der Waals surface area contributed by atoms with Gasteiger partial charge in [-0.3, -0.25) is 0 Å². The number of allylic oxidation sites excluding steroid dienone is 1. The second kappa shape index (κ2) is 4.38. The second-order valence-electron chi connectivity index (χ2n) is 1.47. The van der Waals surface area contributed by atoms with Gasteiger partial charge in [0.2, 0.25) is 0 Å². The van der Waals surface area contributed by atoms with E-state index in [0.717, 1.165) is 0 Å². The molecule has 0 fully saturated rings. The fraction of sp³-hybridized carbons (Fsp3) is 0.667. The number of halogens is 1. The van der Waals surface area contributed by atoms with Crippen molar-refractivity contribution < 1.29 is 0 Å². The van der Waals surface area contributed by atoms with Crippen LogP contribution in [0.1, 0.15) is 26.7 Å². The summed E-state index contributed by atoms with van der Waals surface area (Å²) in [4.78, 5) is 2.01. The molecule has 0 bridgehead atoms. The second-order valence-corrected chi connectivity index (χ2v) is 1.93. The van der Waals surface area contributed by atoms with Gasteiger partial charge in [0.05, 0.1) is 0 Å². The molecule has 0 saturated heterocycles. The Balaban J connectivity index is 3.38. The molecule has 0 heterocycles. The zero-order chi connectivity index (χ0) is 5.70. The van der Waals surface area contributed by atoms with Crippen LogP contribution in [0.3, 0.4) is 0 Å². The van der Waals surface area contributed by atoms with Gasteiger partial charge in [-0.05, 0) is 17.8 Å². The Morgan fingerprint density at radius 3 is 1.86 bits per heavy atom. The SMILES string of the molecule is CCC(=CBr)CC. The molecule has 0 N–H and O–H groups in total. The monoisotopic (exact) mass is 162 g/mol. The van der Waals surface area contributed by atoms with Gasteiger partial charge in [0, 0.05) is 0 Å². The molecule has 0 aromatic rings. The smallest absolute Gasteiger partial charge is 0.0197 e. The van der Waals surface area contributed by atoms with E-state index in [1.807, 2.05) is 4.99 Å². The third-order valence-corrected chi connectivity index (χ3v) is 1.71. The highest BCUT2D eigenvalue weighted by Gasteiger charge is 1.83. The predicted octanol–water partition coefficient (Wildman–Crippen LogP) is 3.09. The normalized spacial score (nSPS) is 8.43. The quantitative estimate of drug-likeness (QED) is 0.586. The van der Waals surface area contributed by atoms with Gasteiger partial charge in [-0.1, -0.05) is 35.4 Å². The van der Waals surface area contributed by atoms with Crippen molar-refractivity contribution in [2.75, 3.05) is 0 Å². The van der Waals surface area contributed by atoms with Crippen LogP contribution < -0.4 is 0 Å². The molecular weight excluding hydrogens is 152 g/mol. The molecule has 0 spiro atoms. The third kappa shape index (κ3) is 2.86. The summed E-state index contributed by atoms with van der Waals surface area (Å²) in [6.07, 6.45) is 2.34. The lowest BCUT2D eigenvalue weighted by Gasteiger charge is -1.92. The van der Waals surface area contributed by atoms with Crippen molar-refractivity contribution in [1.82, 2.24) is 0 Å². The Morgan fingerprint density at radius 2 is 1.86 bits per heavy atom. The van der Waals surface area contributed by atoms with E-state index in [4.69, 9.17) is 0 Å². The lowest BCUT2D eigenvalue weighted by atomic mass is 10.2. The summed E-state index contributed by atoms with van der Waals surface area (Å²) in [5.74, 6) is 0. The number of hydrogen-bond acceptors (Lipinski definition) is 0. The molecule has 42 valence electrons. The molecule has 7 heavy (non-hydrogen) atoms. The Morgan fingerprint density at radius 1 is 1.43 bits per heavy atom. The summed E-state index contributed by atoms with van der Waals surface area (Å²) in [6.45, 7) is 4.33. The zero-order valence-corrected chi connectivity index (χ0v) is 6.46. The molecule has 0 aliphatic heterocycles. The predicted molar refractivity (Wildman–Crippen MR) is 37.6 cm³/mol. The highest BCUT2D eigenvalue weighted by atomic mass is 79.9. The van der Waals surface area contributed by atoms with E-state index < -0.39 is 0 Å². The van der Waals surface area contributed by atoms with Crippen molar-refractivity contribution in [2.45, 2.75) is 26.7 Å². The highest BCUT2D eigenvalue weighted by Crippen LogP contribution is 2.06. The zero-order valence-electron chi connectivity index (χ0n) is 4.87. The first-order valence-corrected chi connectivity index (χ1v) is 3.54. The molecule has 0 aromatic heterocycles. The van der Waals surface area contributed by atoms with Crippen molar-refractivity contribution in [1.29, 1.82) is 0 Å². The Kier molecular flexibility index (Phi) is 4.52. The van der Waals surface area contributed by atoms with Crippen molar-refractivity contribution >= 4 is 15.9 Å². The Labute approximate surface area is 53.7 Å². The summed E-state index contributed by atoms with van der Waals surface area (Å²) >= 11 is 3.27. The molecule has 0 nitrogen and oxygen atoms in total. The first-order valence-electron chi connectivity index (χ1n) is 2.63. The maximum absolute atomic E-state index is 3.27.